The Kier molecular flexibility index (Phi) is 7.43. The molecule has 5 atom stereocenters. The van der Waals surface area contributed by atoms with E-state index in [0.29, 0.717) is 4.90 Å². The van der Waals surface area contributed by atoms with Crippen LogP contribution in [0.3, 0.4) is 0 Å². The largest absolute Gasteiger partial charge is 0.504 e. The summed E-state index contributed by atoms with van der Waals surface area (Å²) in [4.78, 5) is 36.7. The number of esters is 1. The molecular formula is C18H23NO11. The molecule has 1 aromatic rings. The zero-order valence-corrected chi connectivity index (χ0v) is 15.9. The number of carboxylic acids is 1. The third-order valence-electron chi connectivity index (χ3n) is 4.62. The number of hydrogen-bond donors (Lipinski definition) is 6. The number of benzene rings is 1. The molecule has 1 fully saturated rings. The van der Waals surface area contributed by atoms with Crippen molar-refractivity contribution in [2.45, 2.75) is 50.3 Å². The molecule has 0 aromatic heterocycles. The molecule has 1 aliphatic heterocycles. The van der Waals surface area contributed by atoms with E-state index >= 15 is 0 Å². The van der Waals surface area contributed by atoms with Gasteiger partial charge in [-0.15, -0.1) is 0 Å². The number of carbonyl (C=O) groups is 3. The van der Waals surface area contributed by atoms with Crippen LogP contribution in [-0.2, 0) is 25.7 Å². The summed E-state index contributed by atoms with van der Waals surface area (Å²) in [6, 6.07) is 0.0218. The van der Waals surface area contributed by atoms with Crippen molar-refractivity contribution in [2.75, 3.05) is 6.61 Å². The van der Waals surface area contributed by atoms with Crippen LogP contribution in [0.2, 0.25) is 0 Å². The van der Waals surface area contributed by atoms with Gasteiger partial charge in [-0.25, -0.2) is 9.59 Å². The maximum absolute atomic E-state index is 12.7. The summed E-state index contributed by atoms with van der Waals surface area (Å²) in [6.45, 7) is 1.05. The van der Waals surface area contributed by atoms with Crippen LogP contribution >= 0.6 is 0 Å². The predicted octanol–water partition coefficient (Wildman–Crippen LogP) is -1.09. The van der Waals surface area contributed by atoms with E-state index < -0.39 is 73.0 Å². The Morgan fingerprint density at radius 1 is 1.00 bits per heavy atom. The van der Waals surface area contributed by atoms with Crippen molar-refractivity contribution < 1.29 is 54.5 Å². The van der Waals surface area contributed by atoms with E-state index in [1.165, 1.54) is 13.0 Å². The Bertz CT molecular complexity index is 798. The molecule has 0 bridgehead atoms. The number of amides is 1. The Morgan fingerprint density at radius 2 is 1.67 bits per heavy atom. The summed E-state index contributed by atoms with van der Waals surface area (Å²) in [6.07, 6.45) is -7.80. The molecular weight excluding hydrogens is 406 g/mol. The van der Waals surface area contributed by atoms with E-state index in [4.69, 9.17) is 9.47 Å². The highest BCUT2D eigenvalue weighted by Gasteiger charge is 2.54. The van der Waals surface area contributed by atoms with E-state index in [0.717, 1.165) is 12.1 Å². The van der Waals surface area contributed by atoms with Crippen molar-refractivity contribution in [3.63, 3.8) is 0 Å². The standard InChI is InChI=1S/C18H23NO11/c1-2-29-12(22)6-9-14(23)16(25)15(24)13(17(26)27)19(9)18(28)30-7-8-3-4-10(20)11(21)5-8/h3-5,9,13-16,20-21,23-25H,2,6-7H2,1H3,(H,26,27)/t9-,13+,14-,15+,16+/m0/s1. The average molecular weight is 429 g/mol. The zero-order chi connectivity index (χ0) is 22.6. The first-order valence-corrected chi connectivity index (χ1v) is 8.97. The number of carboxylic acid groups (broad SMARTS) is 1. The molecule has 1 saturated heterocycles. The molecule has 12 nitrogen and oxygen atoms in total. The maximum atomic E-state index is 12.7. The van der Waals surface area contributed by atoms with Crippen molar-refractivity contribution in [3.8, 4) is 11.5 Å². The molecule has 1 aromatic carbocycles. The number of hydrogen-bond acceptors (Lipinski definition) is 10. The van der Waals surface area contributed by atoms with Crippen LogP contribution in [0.5, 0.6) is 11.5 Å². The van der Waals surface area contributed by atoms with E-state index in [-0.39, 0.29) is 12.2 Å². The molecule has 0 saturated carbocycles. The fourth-order valence-electron chi connectivity index (χ4n) is 3.15. The molecule has 2 rings (SSSR count). The van der Waals surface area contributed by atoms with Crippen LogP contribution in [0.25, 0.3) is 0 Å². The number of phenols is 2. The second-order valence-electron chi connectivity index (χ2n) is 6.62. The summed E-state index contributed by atoms with van der Waals surface area (Å²) in [5.41, 5.74) is 0.241. The number of aliphatic carboxylic acids is 1. The lowest BCUT2D eigenvalue weighted by atomic mass is 9.86. The lowest BCUT2D eigenvalue weighted by Gasteiger charge is -2.46. The number of piperidine rings is 1. The van der Waals surface area contributed by atoms with Crippen molar-refractivity contribution in [1.82, 2.24) is 4.90 Å². The molecule has 6 N–H and O–H groups in total. The number of ether oxygens (including phenoxy) is 2. The predicted molar refractivity (Wildman–Crippen MR) is 96.3 cm³/mol. The first kappa shape index (κ1) is 23.2. The van der Waals surface area contributed by atoms with Crippen LogP contribution in [0.1, 0.15) is 18.9 Å². The monoisotopic (exact) mass is 429 g/mol. The van der Waals surface area contributed by atoms with E-state index in [1.54, 1.807) is 0 Å². The van der Waals surface area contributed by atoms with Gasteiger partial charge in [0, 0.05) is 0 Å². The van der Waals surface area contributed by atoms with E-state index in [1.807, 2.05) is 0 Å². The molecule has 0 spiro atoms. The first-order chi connectivity index (χ1) is 14.1. The third-order valence-corrected chi connectivity index (χ3v) is 4.62. The van der Waals surface area contributed by atoms with Gasteiger partial charge in [-0.2, -0.15) is 0 Å². The molecule has 30 heavy (non-hydrogen) atoms. The van der Waals surface area contributed by atoms with Gasteiger partial charge in [0.25, 0.3) is 0 Å². The fraction of sp³-hybridized carbons (Fsp3) is 0.500. The number of aromatic hydroxyl groups is 2. The number of rotatable bonds is 6. The van der Waals surface area contributed by atoms with Gasteiger partial charge in [-0.1, -0.05) is 6.07 Å². The average Bonchev–Trinajstić information content (AvgIpc) is 2.68. The Labute approximate surface area is 170 Å². The highest BCUT2D eigenvalue weighted by atomic mass is 16.6. The van der Waals surface area contributed by atoms with Gasteiger partial charge >= 0.3 is 18.0 Å². The SMILES string of the molecule is CCOC(=O)C[C@H]1[C@H](O)[C@@H](O)[C@H](O)[C@H](C(=O)O)N1C(=O)OCc1ccc(O)c(O)c1. The van der Waals surface area contributed by atoms with Gasteiger partial charge in [-0.3, -0.25) is 9.69 Å². The number of likely N-dealkylation sites (tertiary alicyclic amines) is 1. The summed E-state index contributed by atoms with van der Waals surface area (Å²) in [7, 11) is 0. The van der Waals surface area contributed by atoms with E-state index in [2.05, 4.69) is 0 Å². The minimum atomic E-state index is -2.05. The highest BCUT2D eigenvalue weighted by Crippen LogP contribution is 2.29. The highest BCUT2D eigenvalue weighted by molar-refractivity contribution is 5.82. The number of aliphatic hydroxyl groups excluding tert-OH is 3. The smallest absolute Gasteiger partial charge is 0.411 e. The van der Waals surface area contributed by atoms with Crippen LogP contribution in [0, 0.1) is 0 Å². The topological polar surface area (TPSA) is 194 Å². The van der Waals surface area contributed by atoms with Crippen molar-refractivity contribution >= 4 is 18.0 Å². The molecule has 1 heterocycles. The molecule has 0 aliphatic carbocycles. The molecule has 1 aliphatic rings. The fourth-order valence-corrected chi connectivity index (χ4v) is 3.15. The number of nitrogens with zero attached hydrogens (tertiary/aromatic N) is 1. The molecule has 166 valence electrons. The first-order valence-electron chi connectivity index (χ1n) is 8.97. The van der Waals surface area contributed by atoms with Crippen molar-refractivity contribution in [1.29, 1.82) is 0 Å². The molecule has 1 amide bonds. The Hall–Kier alpha value is -3.09. The van der Waals surface area contributed by atoms with Gasteiger partial charge in [0.2, 0.25) is 0 Å². The Morgan fingerprint density at radius 3 is 2.23 bits per heavy atom. The van der Waals surface area contributed by atoms with Gasteiger partial charge in [0.05, 0.1) is 19.1 Å². The number of aliphatic hydroxyl groups is 3. The minimum absolute atomic E-state index is 0.00994. The summed E-state index contributed by atoms with van der Waals surface area (Å²) >= 11 is 0. The van der Waals surface area contributed by atoms with Crippen molar-refractivity contribution in [3.05, 3.63) is 23.8 Å². The van der Waals surface area contributed by atoms with Crippen LogP contribution < -0.4 is 0 Å². The van der Waals surface area contributed by atoms with Crippen LogP contribution in [0.4, 0.5) is 4.79 Å². The van der Waals surface area contributed by atoms with Crippen molar-refractivity contribution in [2.24, 2.45) is 0 Å². The molecule has 12 heteroatoms. The van der Waals surface area contributed by atoms with Gasteiger partial charge < -0.3 is 40.1 Å². The zero-order valence-electron chi connectivity index (χ0n) is 15.9. The maximum Gasteiger partial charge on any atom is 0.411 e. The van der Waals surface area contributed by atoms with Crippen LogP contribution in [-0.4, -0.2) is 90.6 Å². The van der Waals surface area contributed by atoms with E-state index in [9.17, 15) is 45.0 Å². The summed E-state index contributed by atoms with van der Waals surface area (Å²) in [5, 5.41) is 58.6. The van der Waals surface area contributed by atoms with Gasteiger partial charge in [0.1, 0.15) is 24.9 Å². The molecule has 0 radical (unpaired) electrons. The normalized spacial score (nSPS) is 26.1. The second-order valence-corrected chi connectivity index (χ2v) is 6.62. The Balaban J connectivity index is 2.29. The molecule has 0 unspecified atom stereocenters. The third kappa shape index (κ3) is 4.90. The number of carbonyl (C=O) groups excluding carboxylic acids is 2. The summed E-state index contributed by atoms with van der Waals surface area (Å²) in [5.74, 6) is -3.43. The lowest BCUT2D eigenvalue weighted by Crippen LogP contribution is -2.70. The quantitative estimate of drug-likeness (QED) is 0.237. The lowest BCUT2D eigenvalue weighted by molar-refractivity contribution is -0.183. The van der Waals surface area contributed by atoms with Gasteiger partial charge in [-0.05, 0) is 24.6 Å². The number of phenolic OH excluding ortho intramolecular Hbond substituents is 2. The summed E-state index contributed by atoms with van der Waals surface area (Å²) < 4.78 is 9.78. The van der Waals surface area contributed by atoms with Gasteiger partial charge in [0.15, 0.2) is 17.5 Å². The van der Waals surface area contributed by atoms with Crippen LogP contribution in [0.15, 0.2) is 18.2 Å². The second kappa shape index (κ2) is 9.61. The minimum Gasteiger partial charge on any atom is -0.504 e.